The van der Waals surface area contributed by atoms with E-state index < -0.39 is 18.0 Å². The van der Waals surface area contributed by atoms with Gasteiger partial charge in [0.15, 0.2) is 5.82 Å². The molecule has 2 aromatic carbocycles. The number of hydrogen-bond donors (Lipinski definition) is 1. The van der Waals surface area contributed by atoms with Gasteiger partial charge in [-0.1, -0.05) is 71.0 Å². The molecule has 5 aromatic rings. The Morgan fingerprint density at radius 3 is 2.31 bits per heavy atom. The van der Waals surface area contributed by atoms with Gasteiger partial charge in [0.05, 0.1) is 22.3 Å². The van der Waals surface area contributed by atoms with Crippen molar-refractivity contribution >= 4 is 28.8 Å². The third kappa shape index (κ3) is 4.51. The first-order valence-electron chi connectivity index (χ1n) is 10.8. The number of carbonyl (C=O) groups is 2. The summed E-state index contributed by atoms with van der Waals surface area (Å²) >= 11 is 0. The molecule has 0 saturated carbocycles. The number of aryl methyl sites for hydroxylation is 2. The van der Waals surface area contributed by atoms with Crippen LogP contribution >= 0.6 is 0 Å². The van der Waals surface area contributed by atoms with Crippen molar-refractivity contribution in [1.82, 2.24) is 15.3 Å². The standard InChI is InChI=1S/C26H20N4O5/c1-15-13-21(30-34-15)28-24(31)23(18-11-7-4-8-12-18)33-26(32)19-14-20(17-9-5-3-6-10-17)27-25-22(19)16(2)29-35-25/h3-14,23H,1-2H3,(H,28,30,31). The molecule has 0 saturated heterocycles. The van der Waals surface area contributed by atoms with Crippen LogP contribution in [0.3, 0.4) is 0 Å². The number of nitrogens with one attached hydrogen (secondary N) is 1. The van der Waals surface area contributed by atoms with Gasteiger partial charge < -0.3 is 19.1 Å². The predicted molar refractivity (Wildman–Crippen MR) is 126 cm³/mol. The topological polar surface area (TPSA) is 120 Å². The van der Waals surface area contributed by atoms with Crippen molar-refractivity contribution in [2.45, 2.75) is 20.0 Å². The molecule has 0 spiro atoms. The van der Waals surface area contributed by atoms with E-state index in [-0.39, 0.29) is 17.1 Å². The van der Waals surface area contributed by atoms with Crippen LogP contribution in [-0.2, 0) is 9.53 Å². The normalized spacial score (nSPS) is 11.8. The van der Waals surface area contributed by atoms with Gasteiger partial charge in [-0.3, -0.25) is 4.79 Å². The molecule has 5 rings (SSSR count). The van der Waals surface area contributed by atoms with Gasteiger partial charge in [0.2, 0.25) is 6.10 Å². The zero-order valence-corrected chi connectivity index (χ0v) is 18.9. The van der Waals surface area contributed by atoms with E-state index in [2.05, 4.69) is 20.6 Å². The molecule has 0 aliphatic heterocycles. The fourth-order valence-corrected chi connectivity index (χ4v) is 3.70. The minimum Gasteiger partial charge on any atom is -0.444 e. The second-order valence-electron chi connectivity index (χ2n) is 7.88. The summed E-state index contributed by atoms with van der Waals surface area (Å²) in [4.78, 5) is 31.2. The third-order valence-corrected chi connectivity index (χ3v) is 5.35. The van der Waals surface area contributed by atoms with E-state index in [9.17, 15) is 9.59 Å². The molecule has 0 aliphatic rings. The minimum atomic E-state index is -1.25. The van der Waals surface area contributed by atoms with Crippen molar-refractivity contribution in [2.75, 3.05) is 5.32 Å². The number of ether oxygens (including phenoxy) is 1. The second kappa shape index (κ2) is 9.22. The predicted octanol–water partition coefficient (Wildman–Crippen LogP) is 5.03. The molecule has 3 heterocycles. The SMILES string of the molecule is Cc1cc(NC(=O)C(OC(=O)c2cc(-c3ccccc3)nc3onc(C)c23)c2ccccc2)no1. The molecule has 1 atom stereocenters. The zero-order chi connectivity index (χ0) is 24.4. The summed E-state index contributed by atoms with van der Waals surface area (Å²) in [5, 5.41) is 10.8. The fourth-order valence-electron chi connectivity index (χ4n) is 3.70. The van der Waals surface area contributed by atoms with E-state index in [0.717, 1.165) is 5.56 Å². The summed E-state index contributed by atoms with van der Waals surface area (Å²) in [7, 11) is 0. The largest absolute Gasteiger partial charge is 0.444 e. The number of esters is 1. The molecular weight excluding hydrogens is 448 g/mol. The van der Waals surface area contributed by atoms with Gasteiger partial charge in [-0.15, -0.1) is 0 Å². The number of amides is 1. The molecule has 1 N–H and O–H groups in total. The average molecular weight is 468 g/mol. The number of nitrogens with zero attached hydrogens (tertiary/aromatic N) is 3. The fraction of sp³-hybridized carbons (Fsp3) is 0.115. The molecule has 9 heteroatoms. The zero-order valence-electron chi connectivity index (χ0n) is 18.9. The molecule has 1 unspecified atom stereocenters. The molecule has 0 bridgehead atoms. The molecule has 1 amide bonds. The van der Waals surface area contributed by atoms with E-state index in [1.807, 2.05) is 30.3 Å². The number of pyridine rings is 1. The van der Waals surface area contributed by atoms with Gasteiger partial charge in [-0.05, 0) is 19.9 Å². The summed E-state index contributed by atoms with van der Waals surface area (Å²) in [6, 6.07) is 21.3. The number of hydrogen-bond acceptors (Lipinski definition) is 8. The van der Waals surface area contributed by atoms with Gasteiger partial charge in [-0.2, -0.15) is 0 Å². The molecule has 174 valence electrons. The van der Waals surface area contributed by atoms with Crippen molar-refractivity contribution in [3.05, 3.63) is 95.4 Å². The smallest absolute Gasteiger partial charge is 0.340 e. The summed E-state index contributed by atoms with van der Waals surface area (Å²) < 4.78 is 16.1. The van der Waals surface area contributed by atoms with Crippen molar-refractivity contribution < 1.29 is 23.4 Å². The Labute approximate surface area is 199 Å². The van der Waals surface area contributed by atoms with Gasteiger partial charge in [0.25, 0.3) is 11.6 Å². The molecule has 0 fully saturated rings. The first-order valence-corrected chi connectivity index (χ1v) is 10.8. The Hall–Kier alpha value is -4.79. The van der Waals surface area contributed by atoms with Gasteiger partial charge in [0.1, 0.15) is 5.76 Å². The maximum atomic E-state index is 13.5. The lowest BCUT2D eigenvalue weighted by atomic mass is 10.1. The van der Waals surface area contributed by atoms with Crippen LogP contribution in [0.2, 0.25) is 0 Å². The quantitative estimate of drug-likeness (QED) is 0.345. The van der Waals surface area contributed by atoms with Crippen molar-refractivity contribution in [3.8, 4) is 11.3 Å². The number of anilines is 1. The third-order valence-electron chi connectivity index (χ3n) is 5.35. The second-order valence-corrected chi connectivity index (χ2v) is 7.88. The van der Waals surface area contributed by atoms with Crippen LogP contribution in [-0.4, -0.2) is 27.2 Å². The Bertz CT molecular complexity index is 1510. The van der Waals surface area contributed by atoms with Crippen molar-refractivity contribution in [2.24, 2.45) is 0 Å². The highest BCUT2D eigenvalue weighted by Crippen LogP contribution is 2.29. The molecule has 0 radical (unpaired) electrons. The van der Waals surface area contributed by atoms with Crippen LogP contribution in [0.5, 0.6) is 0 Å². The summed E-state index contributed by atoms with van der Waals surface area (Å²) in [6.07, 6.45) is -1.25. The molecule has 3 aromatic heterocycles. The lowest BCUT2D eigenvalue weighted by Crippen LogP contribution is -2.26. The lowest BCUT2D eigenvalue weighted by Gasteiger charge is -2.18. The number of benzene rings is 2. The van der Waals surface area contributed by atoms with E-state index in [1.54, 1.807) is 56.3 Å². The van der Waals surface area contributed by atoms with Gasteiger partial charge in [0, 0.05) is 17.2 Å². The summed E-state index contributed by atoms with van der Waals surface area (Å²) in [6.45, 7) is 3.42. The summed E-state index contributed by atoms with van der Waals surface area (Å²) in [5.74, 6) is -0.546. The molecular formula is C26H20N4O5. The van der Waals surface area contributed by atoms with E-state index >= 15 is 0 Å². The van der Waals surface area contributed by atoms with Gasteiger partial charge >= 0.3 is 5.97 Å². The number of rotatable bonds is 6. The highest BCUT2D eigenvalue weighted by Gasteiger charge is 2.29. The molecule has 0 aliphatic carbocycles. The maximum absolute atomic E-state index is 13.5. The summed E-state index contributed by atoms with van der Waals surface area (Å²) in [5.41, 5.74) is 2.68. The Kier molecular flexibility index (Phi) is 5.80. The lowest BCUT2D eigenvalue weighted by molar-refractivity contribution is -0.125. The first-order chi connectivity index (χ1) is 17.0. The number of fused-ring (bicyclic) bond motifs is 1. The maximum Gasteiger partial charge on any atom is 0.340 e. The van der Waals surface area contributed by atoms with Crippen LogP contribution in [0.1, 0.15) is 33.5 Å². The van der Waals surface area contributed by atoms with Crippen molar-refractivity contribution in [1.29, 1.82) is 0 Å². The Morgan fingerprint density at radius 2 is 1.63 bits per heavy atom. The van der Waals surface area contributed by atoms with Crippen LogP contribution in [0.15, 0.2) is 81.8 Å². The van der Waals surface area contributed by atoms with Crippen LogP contribution < -0.4 is 5.32 Å². The van der Waals surface area contributed by atoms with Gasteiger partial charge in [-0.25, -0.2) is 9.78 Å². The minimum absolute atomic E-state index is 0.193. The van der Waals surface area contributed by atoms with E-state index in [0.29, 0.717) is 28.1 Å². The monoisotopic (exact) mass is 468 g/mol. The van der Waals surface area contributed by atoms with Crippen LogP contribution in [0, 0.1) is 13.8 Å². The Morgan fingerprint density at radius 1 is 0.914 bits per heavy atom. The average Bonchev–Trinajstić information content (AvgIpc) is 3.47. The number of aromatic nitrogens is 3. The first kappa shape index (κ1) is 22.0. The number of carbonyl (C=O) groups excluding carboxylic acids is 2. The van der Waals surface area contributed by atoms with E-state index in [4.69, 9.17) is 13.8 Å². The van der Waals surface area contributed by atoms with Crippen LogP contribution in [0.25, 0.3) is 22.4 Å². The van der Waals surface area contributed by atoms with E-state index in [1.165, 1.54) is 0 Å². The molecule has 35 heavy (non-hydrogen) atoms. The van der Waals surface area contributed by atoms with Crippen LogP contribution in [0.4, 0.5) is 5.82 Å². The van der Waals surface area contributed by atoms with Crippen molar-refractivity contribution in [3.63, 3.8) is 0 Å². The highest BCUT2D eigenvalue weighted by atomic mass is 16.5. The highest BCUT2D eigenvalue weighted by molar-refractivity contribution is 6.05. The Balaban J connectivity index is 1.53. The molecule has 9 nitrogen and oxygen atoms in total.